The molecule has 3 aromatic rings. The molecule has 0 N–H and O–H groups in total. The second-order valence-corrected chi connectivity index (χ2v) is 7.13. The van der Waals surface area contributed by atoms with E-state index in [1.807, 2.05) is 37.3 Å². The van der Waals surface area contributed by atoms with Gasteiger partial charge in [-0.15, -0.1) is 4.40 Å². The van der Waals surface area contributed by atoms with Crippen LogP contribution in [-0.4, -0.2) is 26.6 Å². The molecule has 0 aliphatic heterocycles. The molecule has 27 heavy (non-hydrogen) atoms. The van der Waals surface area contributed by atoms with Crippen molar-refractivity contribution >= 4 is 16.4 Å². The van der Waals surface area contributed by atoms with Crippen LogP contribution in [0.25, 0.3) is 22.4 Å². The van der Waals surface area contributed by atoms with Crippen LogP contribution >= 0.6 is 0 Å². The van der Waals surface area contributed by atoms with Crippen LogP contribution in [0.2, 0.25) is 0 Å². The van der Waals surface area contributed by atoms with Gasteiger partial charge in [0.2, 0.25) is 0 Å². The summed E-state index contributed by atoms with van der Waals surface area (Å²) in [5.41, 5.74) is 3.29. The smallest absolute Gasteiger partial charge is 0.483 e. The predicted molar refractivity (Wildman–Crippen MR) is 99.4 cm³/mol. The van der Waals surface area contributed by atoms with Crippen LogP contribution in [0, 0.1) is 6.92 Å². The zero-order valence-corrected chi connectivity index (χ0v) is 18.2. The third-order valence-electron chi connectivity index (χ3n) is 3.77. The number of aromatic nitrogens is 1. The van der Waals surface area contributed by atoms with Gasteiger partial charge in [-0.2, -0.15) is 8.42 Å². The first-order valence-corrected chi connectivity index (χ1v) is 9.49. The van der Waals surface area contributed by atoms with Crippen LogP contribution in [0.15, 0.2) is 68.4 Å². The summed E-state index contributed by atoms with van der Waals surface area (Å²) in [6.07, 6.45) is 0.945. The molecule has 0 saturated heterocycles. The summed E-state index contributed by atoms with van der Waals surface area (Å²) in [7, 11) is -3.79. The van der Waals surface area contributed by atoms with Crippen molar-refractivity contribution in [3.8, 4) is 22.4 Å². The van der Waals surface area contributed by atoms with Crippen LogP contribution in [0.5, 0.6) is 0 Å². The standard InChI is InChI=1S/C19H18N2O4S.Na/c1-3-24-13-20-26(22,23)17-11-9-15(10-12-17)18-14(2)25-21-19(18)16-7-5-4-6-8-16;/h4-13H,3H2,1-2H3;/q;+1. The number of nitrogens with zero attached hydrogens (tertiary/aromatic N) is 2. The molecule has 0 radical (unpaired) electrons. The van der Waals surface area contributed by atoms with Crippen molar-refractivity contribution < 1.29 is 47.2 Å². The summed E-state index contributed by atoms with van der Waals surface area (Å²) in [5.74, 6) is 0.661. The summed E-state index contributed by atoms with van der Waals surface area (Å²) < 4.78 is 38.0. The number of rotatable bonds is 6. The largest absolute Gasteiger partial charge is 1.00 e. The Morgan fingerprint density at radius 1 is 1.07 bits per heavy atom. The van der Waals surface area contributed by atoms with E-state index in [0.29, 0.717) is 18.1 Å². The fourth-order valence-electron chi connectivity index (χ4n) is 2.52. The zero-order chi connectivity index (χ0) is 18.6. The van der Waals surface area contributed by atoms with Crippen LogP contribution in [0.1, 0.15) is 12.7 Å². The van der Waals surface area contributed by atoms with Gasteiger partial charge < -0.3 is 9.26 Å². The molecule has 0 fully saturated rings. The van der Waals surface area contributed by atoms with Gasteiger partial charge in [0, 0.05) is 5.56 Å². The van der Waals surface area contributed by atoms with E-state index in [1.165, 1.54) is 12.1 Å². The Morgan fingerprint density at radius 2 is 1.74 bits per heavy atom. The predicted octanol–water partition coefficient (Wildman–Crippen LogP) is 1.07. The topological polar surface area (TPSA) is 81.8 Å². The molecule has 2 aromatic carbocycles. The molecule has 0 atom stereocenters. The molecule has 1 aromatic heterocycles. The quantitative estimate of drug-likeness (QED) is 0.356. The van der Waals surface area contributed by atoms with Gasteiger partial charge in [0.25, 0.3) is 10.0 Å². The van der Waals surface area contributed by atoms with Gasteiger partial charge in [-0.1, -0.05) is 47.6 Å². The average molecular weight is 393 g/mol. The molecule has 134 valence electrons. The van der Waals surface area contributed by atoms with Crippen LogP contribution < -0.4 is 29.6 Å². The van der Waals surface area contributed by atoms with Crippen molar-refractivity contribution in [1.82, 2.24) is 5.16 Å². The molecular weight excluding hydrogens is 375 g/mol. The molecular formula is C19H18N2NaO4S+. The number of sulfonamides is 1. The third kappa shape index (κ3) is 4.87. The van der Waals surface area contributed by atoms with Crippen LogP contribution in [0.4, 0.5) is 0 Å². The molecule has 0 aliphatic carbocycles. The molecule has 3 rings (SSSR count). The number of ether oxygens (including phenoxy) is 1. The van der Waals surface area contributed by atoms with Gasteiger partial charge in [0.1, 0.15) is 11.5 Å². The summed E-state index contributed by atoms with van der Waals surface area (Å²) in [4.78, 5) is 0.0903. The first kappa shape index (κ1) is 21.4. The maximum atomic E-state index is 12.2. The third-order valence-corrected chi connectivity index (χ3v) is 5.01. The molecule has 0 bridgehead atoms. The molecule has 6 nitrogen and oxygen atoms in total. The first-order chi connectivity index (χ1) is 12.5. The Morgan fingerprint density at radius 3 is 2.37 bits per heavy atom. The second kappa shape index (κ2) is 9.32. The van der Waals surface area contributed by atoms with E-state index in [2.05, 4.69) is 9.55 Å². The SMILES string of the molecule is CCOC=NS(=O)(=O)c1ccc(-c2c(-c3ccccc3)noc2C)cc1.[Na+]. The van der Waals surface area contributed by atoms with E-state index in [1.54, 1.807) is 19.1 Å². The van der Waals surface area contributed by atoms with Gasteiger partial charge in [0.05, 0.1) is 17.1 Å². The number of aryl methyl sites for hydroxylation is 1. The second-order valence-electron chi connectivity index (χ2n) is 5.49. The zero-order valence-electron chi connectivity index (χ0n) is 15.4. The monoisotopic (exact) mass is 393 g/mol. The Bertz CT molecular complexity index is 1010. The minimum Gasteiger partial charge on any atom is -0.483 e. The molecule has 0 spiro atoms. The minimum atomic E-state index is -3.79. The van der Waals surface area contributed by atoms with Gasteiger partial charge in [0.15, 0.2) is 6.40 Å². The summed E-state index contributed by atoms with van der Waals surface area (Å²) in [6, 6.07) is 16.1. The Labute approximate surface area is 180 Å². The molecule has 0 amide bonds. The number of hydrogen-bond acceptors (Lipinski definition) is 5. The van der Waals surface area contributed by atoms with E-state index < -0.39 is 10.0 Å². The van der Waals surface area contributed by atoms with E-state index in [9.17, 15) is 8.42 Å². The molecule has 8 heteroatoms. The van der Waals surface area contributed by atoms with Crippen LogP contribution in [-0.2, 0) is 14.8 Å². The van der Waals surface area contributed by atoms with E-state index >= 15 is 0 Å². The fourth-order valence-corrected chi connectivity index (χ4v) is 3.30. The van der Waals surface area contributed by atoms with E-state index in [0.717, 1.165) is 23.1 Å². The summed E-state index contributed by atoms with van der Waals surface area (Å²) in [6.45, 7) is 3.93. The first-order valence-electron chi connectivity index (χ1n) is 8.05. The van der Waals surface area contributed by atoms with Gasteiger partial charge >= 0.3 is 29.6 Å². The number of benzene rings is 2. The molecule has 0 unspecified atom stereocenters. The Kier molecular flexibility index (Phi) is 7.38. The average Bonchev–Trinajstić information content (AvgIpc) is 3.04. The van der Waals surface area contributed by atoms with E-state index in [4.69, 9.17) is 9.26 Å². The molecule has 0 aliphatic rings. The minimum absolute atomic E-state index is 0. The van der Waals surface area contributed by atoms with Crippen molar-refractivity contribution in [1.29, 1.82) is 0 Å². The van der Waals surface area contributed by atoms with Crippen molar-refractivity contribution in [2.75, 3.05) is 6.61 Å². The summed E-state index contributed by atoms with van der Waals surface area (Å²) in [5, 5.41) is 4.15. The van der Waals surface area contributed by atoms with Crippen LogP contribution in [0.3, 0.4) is 0 Å². The number of hydrogen-bond donors (Lipinski definition) is 0. The maximum absolute atomic E-state index is 12.2. The Hall–Kier alpha value is -1.93. The normalized spacial score (nSPS) is 11.3. The molecule has 1 heterocycles. The molecule has 0 saturated carbocycles. The van der Waals surface area contributed by atoms with Gasteiger partial charge in [-0.05, 0) is 31.5 Å². The fraction of sp³-hybridized carbons (Fsp3) is 0.158. The van der Waals surface area contributed by atoms with E-state index in [-0.39, 0.29) is 34.5 Å². The van der Waals surface area contributed by atoms with Crippen molar-refractivity contribution in [2.45, 2.75) is 18.7 Å². The van der Waals surface area contributed by atoms with Crippen molar-refractivity contribution in [2.24, 2.45) is 4.40 Å². The van der Waals surface area contributed by atoms with Gasteiger partial charge in [-0.3, -0.25) is 0 Å². The Balaban J connectivity index is 0.00000261. The summed E-state index contributed by atoms with van der Waals surface area (Å²) >= 11 is 0. The van der Waals surface area contributed by atoms with Crippen molar-refractivity contribution in [3.05, 3.63) is 60.4 Å². The van der Waals surface area contributed by atoms with Gasteiger partial charge in [-0.25, -0.2) is 0 Å². The van der Waals surface area contributed by atoms with Crippen molar-refractivity contribution in [3.63, 3.8) is 0 Å². The maximum Gasteiger partial charge on any atom is 1.00 e.